The molecule has 3 aromatic carbocycles. The zero-order valence-electron chi connectivity index (χ0n) is 21.2. The number of amides is 2. The molecule has 7 nitrogen and oxygen atoms in total. The van der Waals surface area contributed by atoms with Crippen LogP contribution in [-0.2, 0) is 23.7 Å². The second-order valence-corrected chi connectivity index (χ2v) is 10.8. The van der Waals surface area contributed by atoms with Crippen molar-refractivity contribution in [3.8, 4) is 5.69 Å². The maximum atomic E-state index is 13.5. The van der Waals surface area contributed by atoms with Gasteiger partial charge in [-0.2, -0.15) is 26.3 Å². The van der Waals surface area contributed by atoms with E-state index in [2.05, 4.69) is 20.8 Å². The zero-order chi connectivity index (χ0) is 31.5. The van der Waals surface area contributed by atoms with Crippen LogP contribution in [0.1, 0.15) is 27.3 Å². The number of rotatable bonds is 8. The molecule has 17 heteroatoms. The van der Waals surface area contributed by atoms with E-state index < -0.39 is 41.0 Å². The molecule has 0 aliphatic heterocycles. The monoisotopic (exact) mass is 681 g/mol. The number of benzene rings is 3. The fourth-order valence-electron chi connectivity index (χ4n) is 3.63. The quantitative estimate of drug-likeness (QED) is 0.146. The van der Waals surface area contributed by atoms with Crippen LogP contribution in [0.15, 0.2) is 65.8 Å². The first-order valence-corrected chi connectivity index (χ1v) is 13.9. The summed E-state index contributed by atoms with van der Waals surface area (Å²) in [6.45, 7) is -0.322. The number of carbonyl (C=O) groups is 2. The van der Waals surface area contributed by atoms with Crippen molar-refractivity contribution in [3.63, 3.8) is 0 Å². The van der Waals surface area contributed by atoms with E-state index >= 15 is 0 Å². The standard InChI is InChI=1S/C26H16Cl3F6N5O2S/c27-15-5-7-18(28)17(10-15)23(42)36-11-21-38-39-24(40(21)16-3-1-2-13(8-16)25(30,31)32)43-12-22(41)37-20-9-14(26(33,34)35)4-6-19(20)29/h1-10H,11-12H2,(H,36,42)(H,37,41). The number of thioether (sulfide) groups is 1. The third-order valence-corrected chi connectivity index (χ3v) is 7.44. The summed E-state index contributed by atoms with van der Waals surface area (Å²) in [6, 6.07) is 10.8. The maximum absolute atomic E-state index is 13.5. The Morgan fingerprint density at radius 2 is 1.51 bits per heavy atom. The van der Waals surface area contributed by atoms with Crippen LogP contribution in [0.25, 0.3) is 5.69 Å². The van der Waals surface area contributed by atoms with E-state index in [0.717, 1.165) is 42.1 Å². The molecule has 0 atom stereocenters. The van der Waals surface area contributed by atoms with Crippen LogP contribution in [0.4, 0.5) is 32.0 Å². The number of halogens is 9. The highest BCUT2D eigenvalue weighted by atomic mass is 35.5. The van der Waals surface area contributed by atoms with Crippen molar-refractivity contribution in [2.24, 2.45) is 0 Å². The Morgan fingerprint density at radius 3 is 2.21 bits per heavy atom. The fourth-order valence-corrected chi connectivity index (χ4v) is 4.94. The second kappa shape index (κ2) is 13.0. The highest BCUT2D eigenvalue weighted by Crippen LogP contribution is 2.35. The summed E-state index contributed by atoms with van der Waals surface area (Å²) in [4.78, 5) is 25.3. The Kier molecular flexibility index (Phi) is 9.84. The van der Waals surface area contributed by atoms with E-state index in [-0.39, 0.29) is 49.5 Å². The largest absolute Gasteiger partial charge is 0.416 e. The van der Waals surface area contributed by atoms with Gasteiger partial charge in [-0.3, -0.25) is 14.2 Å². The van der Waals surface area contributed by atoms with Crippen LogP contribution in [-0.4, -0.2) is 32.3 Å². The first-order valence-electron chi connectivity index (χ1n) is 11.8. The molecule has 0 saturated heterocycles. The first kappa shape index (κ1) is 32.5. The summed E-state index contributed by atoms with van der Waals surface area (Å²) >= 11 is 18.7. The molecule has 0 fully saturated rings. The summed E-state index contributed by atoms with van der Waals surface area (Å²) in [5, 5.41) is 12.9. The Bertz CT molecular complexity index is 1680. The summed E-state index contributed by atoms with van der Waals surface area (Å²) in [5.74, 6) is -1.88. The van der Waals surface area contributed by atoms with Crippen molar-refractivity contribution in [1.82, 2.24) is 20.1 Å². The number of aromatic nitrogens is 3. The Hall–Kier alpha value is -3.46. The molecule has 2 N–H and O–H groups in total. The number of carbonyl (C=O) groups excluding carboxylic acids is 2. The summed E-state index contributed by atoms with van der Waals surface area (Å²) in [7, 11) is 0. The van der Waals surface area contributed by atoms with Gasteiger partial charge in [-0.25, -0.2) is 0 Å². The summed E-state index contributed by atoms with van der Waals surface area (Å²) in [6.07, 6.45) is -9.36. The molecule has 0 aliphatic rings. The average Bonchev–Trinajstić information content (AvgIpc) is 3.35. The molecule has 0 unspecified atom stereocenters. The van der Waals surface area contributed by atoms with Gasteiger partial charge in [0.2, 0.25) is 5.91 Å². The molecule has 226 valence electrons. The molecule has 0 bridgehead atoms. The van der Waals surface area contributed by atoms with Gasteiger partial charge in [0.15, 0.2) is 11.0 Å². The van der Waals surface area contributed by atoms with Crippen molar-refractivity contribution in [2.45, 2.75) is 24.1 Å². The van der Waals surface area contributed by atoms with Gasteiger partial charge in [0.1, 0.15) is 0 Å². The van der Waals surface area contributed by atoms with E-state index in [1.165, 1.54) is 28.8 Å². The minimum atomic E-state index is -4.68. The van der Waals surface area contributed by atoms with Gasteiger partial charge in [-0.1, -0.05) is 52.6 Å². The van der Waals surface area contributed by atoms with Crippen LogP contribution < -0.4 is 10.6 Å². The lowest BCUT2D eigenvalue weighted by molar-refractivity contribution is -0.138. The normalized spacial score (nSPS) is 11.8. The van der Waals surface area contributed by atoms with E-state index in [1.54, 1.807) is 0 Å². The molecule has 0 radical (unpaired) electrons. The lowest BCUT2D eigenvalue weighted by Gasteiger charge is -2.14. The van der Waals surface area contributed by atoms with Crippen LogP contribution >= 0.6 is 46.6 Å². The third-order valence-electron chi connectivity index (χ3n) is 5.61. The Labute approximate surface area is 258 Å². The predicted molar refractivity (Wildman–Crippen MR) is 150 cm³/mol. The van der Waals surface area contributed by atoms with Crippen LogP contribution in [0.3, 0.4) is 0 Å². The number of alkyl halides is 6. The smallest absolute Gasteiger partial charge is 0.345 e. The third kappa shape index (κ3) is 8.13. The molecule has 0 aliphatic carbocycles. The minimum absolute atomic E-state index is 0.00495. The molecule has 0 saturated carbocycles. The number of hydrogen-bond donors (Lipinski definition) is 2. The molecule has 4 aromatic rings. The number of anilines is 1. The van der Waals surface area contributed by atoms with Crippen molar-refractivity contribution >= 4 is 64.1 Å². The van der Waals surface area contributed by atoms with Crippen molar-refractivity contribution in [1.29, 1.82) is 0 Å². The zero-order valence-corrected chi connectivity index (χ0v) is 24.2. The van der Waals surface area contributed by atoms with Gasteiger partial charge in [-0.15, -0.1) is 10.2 Å². The number of nitrogens with one attached hydrogen (secondary N) is 2. The maximum Gasteiger partial charge on any atom is 0.416 e. The molecular weight excluding hydrogens is 667 g/mol. The number of nitrogens with zero attached hydrogens (tertiary/aromatic N) is 3. The Balaban J connectivity index is 1.59. The Morgan fingerprint density at radius 1 is 0.837 bits per heavy atom. The lowest BCUT2D eigenvalue weighted by atomic mass is 10.2. The summed E-state index contributed by atoms with van der Waals surface area (Å²) in [5.41, 5.74) is -2.29. The van der Waals surface area contributed by atoms with Gasteiger partial charge < -0.3 is 10.6 Å². The van der Waals surface area contributed by atoms with Gasteiger partial charge in [-0.05, 0) is 54.6 Å². The molecule has 4 rings (SSSR count). The van der Waals surface area contributed by atoms with Crippen molar-refractivity contribution in [2.75, 3.05) is 11.1 Å². The molecular formula is C26H16Cl3F6N5O2S. The van der Waals surface area contributed by atoms with Crippen LogP contribution in [0.2, 0.25) is 15.1 Å². The molecule has 1 aromatic heterocycles. The molecule has 0 spiro atoms. The topological polar surface area (TPSA) is 88.9 Å². The van der Waals surface area contributed by atoms with Gasteiger partial charge in [0.05, 0.1) is 50.4 Å². The molecule has 2 amide bonds. The van der Waals surface area contributed by atoms with E-state index in [0.29, 0.717) is 6.07 Å². The second-order valence-electron chi connectivity index (χ2n) is 8.62. The van der Waals surface area contributed by atoms with Crippen LogP contribution in [0.5, 0.6) is 0 Å². The number of hydrogen-bond acceptors (Lipinski definition) is 5. The lowest BCUT2D eigenvalue weighted by Crippen LogP contribution is -2.25. The predicted octanol–water partition coefficient (Wildman–Crippen LogP) is 7.93. The highest BCUT2D eigenvalue weighted by molar-refractivity contribution is 7.99. The molecule has 43 heavy (non-hydrogen) atoms. The van der Waals surface area contributed by atoms with Crippen LogP contribution in [0, 0.1) is 0 Å². The van der Waals surface area contributed by atoms with Crippen molar-refractivity contribution < 1.29 is 35.9 Å². The van der Waals surface area contributed by atoms with E-state index in [1.807, 2.05) is 0 Å². The SMILES string of the molecule is O=C(CSc1nnc(CNC(=O)c2cc(Cl)ccc2Cl)n1-c1cccc(C(F)(F)F)c1)Nc1cc(C(F)(F)F)ccc1Cl. The van der Waals surface area contributed by atoms with Gasteiger partial charge in [0, 0.05) is 5.02 Å². The summed E-state index contributed by atoms with van der Waals surface area (Å²) < 4.78 is 80.8. The fraction of sp³-hybridized carbons (Fsp3) is 0.154. The van der Waals surface area contributed by atoms with Gasteiger partial charge >= 0.3 is 12.4 Å². The molecule has 1 heterocycles. The minimum Gasteiger partial charge on any atom is -0.345 e. The van der Waals surface area contributed by atoms with E-state index in [9.17, 15) is 35.9 Å². The first-order chi connectivity index (χ1) is 20.1. The van der Waals surface area contributed by atoms with Gasteiger partial charge in [0.25, 0.3) is 5.91 Å². The van der Waals surface area contributed by atoms with E-state index in [4.69, 9.17) is 34.8 Å². The highest BCUT2D eigenvalue weighted by Gasteiger charge is 2.32. The van der Waals surface area contributed by atoms with Crippen molar-refractivity contribution in [3.05, 3.63) is 98.2 Å². The average molecular weight is 683 g/mol.